The van der Waals surface area contributed by atoms with Gasteiger partial charge in [-0.25, -0.2) is 0 Å². The topological polar surface area (TPSA) is 23.5 Å². The van der Waals surface area contributed by atoms with Gasteiger partial charge in [-0.15, -0.1) is 0 Å². The molecule has 1 aliphatic heterocycles. The van der Waals surface area contributed by atoms with Crippen molar-refractivity contribution in [3.8, 4) is 0 Å². The lowest BCUT2D eigenvalue weighted by Gasteiger charge is -2.30. The zero-order valence-electron chi connectivity index (χ0n) is 10.5. The molecule has 1 N–H and O–H groups in total. The van der Waals surface area contributed by atoms with E-state index in [2.05, 4.69) is 49.2 Å². The van der Waals surface area contributed by atoms with Crippen molar-refractivity contribution < 1.29 is 5.11 Å². The molecule has 3 heteroatoms. The predicted molar refractivity (Wildman–Crippen MR) is 75.7 cm³/mol. The first-order valence-electron chi connectivity index (χ1n) is 5.95. The quantitative estimate of drug-likeness (QED) is 0.842. The number of rotatable bonds is 1. The molecule has 18 heavy (non-hydrogen) atoms. The molecule has 1 heterocycles. The van der Waals surface area contributed by atoms with E-state index in [0.29, 0.717) is 0 Å². The molecule has 0 radical (unpaired) electrons. The first-order valence-corrected chi connectivity index (χ1v) is 6.77. The SMILES string of the molecule is Cc1ccc2c(c1)Sc1cc(CO)ccc1N2C. The van der Waals surface area contributed by atoms with Crippen LogP contribution in [0.5, 0.6) is 0 Å². The van der Waals surface area contributed by atoms with Crippen molar-refractivity contribution in [2.24, 2.45) is 0 Å². The summed E-state index contributed by atoms with van der Waals surface area (Å²) in [5, 5.41) is 9.22. The van der Waals surface area contributed by atoms with Crippen LogP contribution in [0.1, 0.15) is 11.1 Å². The number of nitrogens with zero attached hydrogens (tertiary/aromatic N) is 1. The number of hydrogen-bond acceptors (Lipinski definition) is 3. The smallest absolute Gasteiger partial charge is 0.0682 e. The summed E-state index contributed by atoms with van der Waals surface area (Å²) >= 11 is 1.78. The fourth-order valence-electron chi connectivity index (χ4n) is 2.24. The van der Waals surface area contributed by atoms with E-state index in [4.69, 9.17) is 0 Å². The van der Waals surface area contributed by atoms with E-state index in [1.807, 2.05) is 6.07 Å². The number of aryl methyl sites for hydroxylation is 1. The van der Waals surface area contributed by atoms with Gasteiger partial charge in [0.1, 0.15) is 0 Å². The third kappa shape index (κ3) is 1.80. The molecule has 92 valence electrons. The Labute approximate surface area is 111 Å². The molecule has 0 bridgehead atoms. The summed E-state index contributed by atoms with van der Waals surface area (Å²) in [5.41, 5.74) is 4.69. The molecule has 2 nitrogen and oxygen atoms in total. The van der Waals surface area contributed by atoms with E-state index in [1.165, 1.54) is 26.7 Å². The number of aliphatic hydroxyl groups excluding tert-OH is 1. The summed E-state index contributed by atoms with van der Waals surface area (Å²) < 4.78 is 0. The van der Waals surface area contributed by atoms with E-state index < -0.39 is 0 Å². The fourth-order valence-corrected chi connectivity index (χ4v) is 3.56. The Morgan fingerprint density at radius 1 is 1.06 bits per heavy atom. The lowest BCUT2D eigenvalue weighted by Crippen LogP contribution is -2.14. The summed E-state index contributed by atoms with van der Waals surface area (Å²) in [7, 11) is 2.09. The van der Waals surface area contributed by atoms with Gasteiger partial charge in [0.05, 0.1) is 18.0 Å². The van der Waals surface area contributed by atoms with Crippen LogP contribution in [0.25, 0.3) is 0 Å². The Bertz CT molecular complexity index is 609. The van der Waals surface area contributed by atoms with Gasteiger partial charge in [0.2, 0.25) is 0 Å². The Kier molecular flexibility index (Phi) is 2.80. The van der Waals surface area contributed by atoms with Gasteiger partial charge >= 0.3 is 0 Å². The third-order valence-corrected chi connectivity index (χ3v) is 4.36. The molecule has 2 aromatic rings. The first kappa shape index (κ1) is 11.6. The van der Waals surface area contributed by atoms with Gasteiger partial charge in [0.15, 0.2) is 0 Å². The second-order valence-electron chi connectivity index (χ2n) is 4.59. The maximum atomic E-state index is 9.22. The number of aliphatic hydroxyl groups is 1. The molecule has 3 rings (SSSR count). The Hall–Kier alpha value is -1.45. The molecule has 0 saturated heterocycles. The first-order chi connectivity index (χ1) is 8.69. The van der Waals surface area contributed by atoms with E-state index in [0.717, 1.165) is 5.56 Å². The second-order valence-corrected chi connectivity index (χ2v) is 5.68. The highest BCUT2D eigenvalue weighted by atomic mass is 32.2. The normalized spacial score (nSPS) is 13.2. The van der Waals surface area contributed by atoms with E-state index >= 15 is 0 Å². The van der Waals surface area contributed by atoms with Crippen molar-refractivity contribution in [2.75, 3.05) is 11.9 Å². The highest BCUT2D eigenvalue weighted by molar-refractivity contribution is 7.99. The van der Waals surface area contributed by atoms with Gasteiger partial charge < -0.3 is 10.0 Å². The zero-order chi connectivity index (χ0) is 12.7. The van der Waals surface area contributed by atoms with E-state index in [1.54, 1.807) is 11.8 Å². The molecule has 0 saturated carbocycles. The minimum atomic E-state index is 0.0955. The molecule has 0 aliphatic carbocycles. The standard InChI is InChI=1S/C15H15NOS/c1-10-3-5-12-14(7-10)18-15-8-11(9-17)4-6-13(15)16(12)2/h3-8,17H,9H2,1-2H3. The largest absolute Gasteiger partial charge is 0.392 e. The average molecular weight is 257 g/mol. The number of hydrogen-bond donors (Lipinski definition) is 1. The lowest BCUT2D eigenvalue weighted by atomic mass is 10.1. The van der Waals surface area contributed by atoms with Crippen molar-refractivity contribution in [1.29, 1.82) is 0 Å². The van der Waals surface area contributed by atoms with Crippen LogP contribution in [0, 0.1) is 6.92 Å². The summed E-state index contributed by atoms with van der Waals surface area (Å²) in [4.78, 5) is 4.70. The Morgan fingerprint density at radius 3 is 2.44 bits per heavy atom. The van der Waals surface area contributed by atoms with Gasteiger partial charge in [0.25, 0.3) is 0 Å². The van der Waals surface area contributed by atoms with Crippen molar-refractivity contribution in [1.82, 2.24) is 0 Å². The van der Waals surface area contributed by atoms with Crippen LogP contribution in [0.2, 0.25) is 0 Å². The number of benzene rings is 2. The Balaban J connectivity index is 2.12. The van der Waals surface area contributed by atoms with Crippen molar-refractivity contribution in [3.05, 3.63) is 47.5 Å². The number of anilines is 2. The molecule has 1 aliphatic rings. The average Bonchev–Trinajstić information content (AvgIpc) is 2.38. The molecule has 0 atom stereocenters. The van der Waals surface area contributed by atoms with Gasteiger partial charge in [-0.2, -0.15) is 0 Å². The van der Waals surface area contributed by atoms with Crippen molar-refractivity contribution in [3.63, 3.8) is 0 Å². The van der Waals surface area contributed by atoms with E-state index in [9.17, 15) is 5.11 Å². The van der Waals surface area contributed by atoms with Crippen LogP contribution in [0.15, 0.2) is 46.2 Å². The minimum absolute atomic E-state index is 0.0955. The molecular formula is C15H15NOS. The van der Waals surface area contributed by atoms with Crippen LogP contribution in [0.3, 0.4) is 0 Å². The van der Waals surface area contributed by atoms with E-state index in [-0.39, 0.29) is 6.61 Å². The number of fused-ring (bicyclic) bond motifs is 2. The predicted octanol–water partition coefficient (Wildman–Crippen LogP) is 3.72. The van der Waals surface area contributed by atoms with Gasteiger partial charge in [0, 0.05) is 16.8 Å². The van der Waals surface area contributed by atoms with Gasteiger partial charge in [-0.05, 0) is 42.3 Å². The molecule has 0 unspecified atom stereocenters. The minimum Gasteiger partial charge on any atom is -0.392 e. The fraction of sp³-hybridized carbons (Fsp3) is 0.200. The maximum Gasteiger partial charge on any atom is 0.0682 e. The monoisotopic (exact) mass is 257 g/mol. The highest BCUT2D eigenvalue weighted by Gasteiger charge is 2.20. The third-order valence-electron chi connectivity index (χ3n) is 3.26. The molecule has 0 fully saturated rings. The second kappa shape index (κ2) is 4.34. The molecular weight excluding hydrogens is 242 g/mol. The highest BCUT2D eigenvalue weighted by Crippen LogP contribution is 2.47. The summed E-state index contributed by atoms with van der Waals surface area (Å²) in [6.45, 7) is 2.21. The summed E-state index contributed by atoms with van der Waals surface area (Å²) in [5.74, 6) is 0. The zero-order valence-corrected chi connectivity index (χ0v) is 11.3. The molecule has 0 aromatic heterocycles. The van der Waals surface area contributed by atoms with Crippen LogP contribution in [0.4, 0.5) is 11.4 Å². The molecule has 2 aromatic carbocycles. The van der Waals surface area contributed by atoms with Crippen LogP contribution < -0.4 is 4.90 Å². The lowest BCUT2D eigenvalue weighted by molar-refractivity contribution is 0.281. The Morgan fingerprint density at radius 2 is 1.72 bits per heavy atom. The summed E-state index contributed by atoms with van der Waals surface area (Å²) in [6, 6.07) is 12.7. The van der Waals surface area contributed by atoms with Gasteiger partial charge in [-0.1, -0.05) is 23.9 Å². The maximum absolute atomic E-state index is 9.22. The van der Waals surface area contributed by atoms with Gasteiger partial charge in [-0.3, -0.25) is 0 Å². The molecule has 0 amide bonds. The summed E-state index contributed by atoms with van der Waals surface area (Å²) in [6.07, 6.45) is 0. The van der Waals surface area contributed by atoms with Crippen LogP contribution in [-0.4, -0.2) is 12.2 Å². The van der Waals surface area contributed by atoms with Crippen LogP contribution in [-0.2, 0) is 6.61 Å². The van der Waals surface area contributed by atoms with Crippen LogP contribution >= 0.6 is 11.8 Å². The van der Waals surface area contributed by atoms with Crippen molar-refractivity contribution in [2.45, 2.75) is 23.3 Å². The van der Waals surface area contributed by atoms with Crippen molar-refractivity contribution >= 4 is 23.1 Å². The molecule has 0 spiro atoms.